The molecule has 2 aromatic rings. The van der Waals surface area contributed by atoms with E-state index in [9.17, 15) is 0 Å². The summed E-state index contributed by atoms with van der Waals surface area (Å²) >= 11 is -3.37. The molecule has 1 fully saturated rings. The Hall–Kier alpha value is -0.841. The van der Waals surface area contributed by atoms with Crippen LogP contribution in [0.25, 0.3) is 0 Å². The molecule has 1 aliphatic heterocycles. The van der Waals surface area contributed by atoms with E-state index in [1.54, 1.807) is 0 Å². The van der Waals surface area contributed by atoms with Gasteiger partial charge in [0.25, 0.3) is 0 Å². The van der Waals surface area contributed by atoms with Crippen molar-refractivity contribution in [1.29, 1.82) is 0 Å². The van der Waals surface area contributed by atoms with Gasteiger partial charge in [-0.25, -0.2) is 0 Å². The molecule has 98 valence electrons. The van der Waals surface area contributed by atoms with Crippen LogP contribution >= 0.6 is 0 Å². The minimum atomic E-state index is -3.37. The average molecular weight is 361 g/mol. The molecule has 0 N–H and O–H groups in total. The van der Waals surface area contributed by atoms with Crippen molar-refractivity contribution in [2.24, 2.45) is 0 Å². The predicted octanol–water partition coefficient (Wildman–Crippen LogP) is 2.07. The van der Waals surface area contributed by atoms with Gasteiger partial charge in [-0.15, -0.1) is 0 Å². The second-order valence-corrected chi connectivity index (χ2v) is 13.2. The molecule has 0 amide bonds. The minimum absolute atomic E-state index is 0.819. The Morgan fingerprint density at radius 3 is 1.47 bits per heavy atom. The molecule has 2 nitrogen and oxygen atoms in total. The third-order valence-electron chi connectivity index (χ3n) is 3.46. The van der Waals surface area contributed by atoms with Crippen molar-refractivity contribution in [3.63, 3.8) is 0 Å². The van der Waals surface area contributed by atoms with Gasteiger partial charge in [0.05, 0.1) is 0 Å². The SMILES string of the molecule is c1cc[c]([Sn]2([c]3ccccc3)[O]CCCC[O]2)cc1. The van der Waals surface area contributed by atoms with Gasteiger partial charge in [0.15, 0.2) is 0 Å². The second-order valence-electron chi connectivity index (χ2n) is 4.75. The molecule has 0 bridgehead atoms. The summed E-state index contributed by atoms with van der Waals surface area (Å²) in [5.74, 6) is 0. The van der Waals surface area contributed by atoms with E-state index < -0.39 is 19.2 Å². The van der Waals surface area contributed by atoms with Crippen LogP contribution in [0.5, 0.6) is 0 Å². The number of hydrogen-bond acceptors (Lipinski definition) is 2. The Kier molecular flexibility index (Phi) is 4.21. The first-order valence-electron chi connectivity index (χ1n) is 6.81. The van der Waals surface area contributed by atoms with Gasteiger partial charge in [-0.3, -0.25) is 0 Å². The topological polar surface area (TPSA) is 18.5 Å². The summed E-state index contributed by atoms with van der Waals surface area (Å²) in [6.45, 7) is 1.64. The normalized spacial score (nSPS) is 18.7. The number of rotatable bonds is 2. The molecule has 0 unspecified atom stereocenters. The van der Waals surface area contributed by atoms with Crippen LogP contribution < -0.4 is 7.16 Å². The van der Waals surface area contributed by atoms with Gasteiger partial charge in [0, 0.05) is 0 Å². The van der Waals surface area contributed by atoms with Crippen LogP contribution in [0.1, 0.15) is 12.8 Å². The van der Waals surface area contributed by atoms with Crippen molar-refractivity contribution in [2.45, 2.75) is 12.8 Å². The molecular weight excluding hydrogens is 343 g/mol. The quantitative estimate of drug-likeness (QED) is 0.763. The monoisotopic (exact) mass is 362 g/mol. The zero-order valence-corrected chi connectivity index (χ0v) is 13.8. The van der Waals surface area contributed by atoms with Crippen LogP contribution in [0.3, 0.4) is 0 Å². The summed E-state index contributed by atoms with van der Waals surface area (Å²) in [7, 11) is 0. The molecule has 1 aliphatic rings. The summed E-state index contributed by atoms with van der Waals surface area (Å²) in [6.07, 6.45) is 2.19. The summed E-state index contributed by atoms with van der Waals surface area (Å²) in [6, 6.07) is 21.0. The molecule has 1 saturated heterocycles. The van der Waals surface area contributed by atoms with Gasteiger partial charge in [0.2, 0.25) is 0 Å². The summed E-state index contributed by atoms with van der Waals surface area (Å²) < 4.78 is 15.2. The van der Waals surface area contributed by atoms with Gasteiger partial charge in [-0.1, -0.05) is 0 Å². The summed E-state index contributed by atoms with van der Waals surface area (Å²) in [5, 5.41) is 0. The summed E-state index contributed by atoms with van der Waals surface area (Å²) in [5.41, 5.74) is 0. The van der Waals surface area contributed by atoms with Crippen LogP contribution in [0, 0.1) is 0 Å². The molecule has 3 heteroatoms. The van der Waals surface area contributed by atoms with E-state index in [0.717, 1.165) is 26.1 Å². The van der Waals surface area contributed by atoms with Crippen LogP contribution in [0.2, 0.25) is 0 Å². The Labute approximate surface area is 119 Å². The van der Waals surface area contributed by atoms with Crippen LogP contribution in [-0.2, 0) is 6.15 Å². The molecular formula is C16H18O2Sn. The molecule has 19 heavy (non-hydrogen) atoms. The fourth-order valence-corrected chi connectivity index (χ4v) is 11.7. The average Bonchev–Trinajstić information content (AvgIpc) is 2.76. The number of hydrogen-bond donors (Lipinski definition) is 0. The Bertz CT molecular complexity index is 463. The van der Waals surface area contributed by atoms with Crippen LogP contribution in [0.4, 0.5) is 0 Å². The van der Waals surface area contributed by atoms with Gasteiger partial charge in [0.1, 0.15) is 0 Å². The van der Waals surface area contributed by atoms with E-state index in [2.05, 4.69) is 48.5 Å². The van der Waals surface area contributed by atoms with Crippen molar-refractivity contribution in [1.82, 2.24) is 0 Å². The van der Waals surface area contributed by atoms with Gasteiger partial charge in [-0.2, -0.15) is 0 Å². The van der Waals surface area contributed by atoms with E-state index in [4.69, 9.17) is 6.15 Å². The molecule has 3 rings (SSSR count). The van der Waals surface area contributed by atoms with E-state index in [0.29, 0.717) is 0 Å². The maximum absolute atomic E-state index is 6.35. The van der Waals surface area contributed by atoms with Crippen molar-refractivity contribution >= 4 is 26.4 Å². The molecule has 0 saturated carbocycles. The van der Waals surface area contributed by atoms with Crippen LogP contribution in [0.15, 0.2) is 60.7 Å². The predicted molar refractivity (Wildman–Crippen MR) is 79.0 cm³/mol. The zero-order valence-electron chi connectivity index (χ0n) is 10.9. The maximum atomic E-state index is 6.35. The first kappa shape index (κ1) is 13.2. The number of benzene rings is 2. The zero-order chi connectivity index (χ0) is 13.0. The van der Waals surface area contributed by atoms with Gasteiger partial charge in [-0.05, 0) is 0 Å². The third-order valence-corrected chi connectivity index (χ3v) is 13.2. The Morgan fingerprint density at radius 2 is 1.05 bits per heavy atom. The first-order chi connectivity index (χ1) is 9.42. The van der Waals surface area contributed by atoms with E-state index in [-0.39, 0.29) is 0 Å². The van der Waals surface area contributed by atoms with Crippen molar-refractivity contribution < 1.29 is 6.15 Å². The van der Waals surface area contributed by atoms with E-state index in [1.165, 1.54) is 7.16 Å². The fourth-order valence-electron chi connectivity index (χ4n) is 2.49. The van der Waals surface area contributed by atoms with E-state index >= 15 is 0 Å². The summed E-state index contributed by atoms with van der Waals surface area (Å²) in [4.78, 5) is 0. The Balaban J connectivity index is 2.09. The molecule has 0 spiro atoms. The fraction of sp³-hybridized carbons (Fsp3) is 0.250. The van der Waals surface area contributed by atoms with Gasteiger partial charge < -0.3 is 0 Å². The van der Waals surface area contributed by atoms with Crippen molar-refractivity contribution in [3.05, 3.63) is 60.7 Å². The molecule has 0 aromatic heterocycles. The van der Waals surface area contributed by atoms with Crippen molar-refractivity contribution in [2.75, 3.05) is 13.2 Å². The molecule has 0 aliphatic carbocycles. The van der Waals surface area contributed by atoms with Crippen LogP contribution in [-0.4, -0.2) is 32.4 Å². The third kappa shape index (κ3) is 2.71. The molecule has 0 atom stereocenters. The standard InChI is InChI=1S/2C6H5.C4H8O2.Sn/c2*1-2-4-6-5-3-1;5-3-1-2-4-6;/h2*1-5H;1-4H2;/q;;-2;+2. The van der Waals surface area contributed by atoms with Gasteiger partial charge >= 0.3 is 119 Å². The second kappa shape index (κ2) is 6.07. The molecule has 0 radical (unpaired) electrons. The van der Waals surface area contributed by atoms with E-state index in [1.807, 2.05) is 12.1 Å². The molecule has 2 aromatic carbocycles. The first-order valence-corrected chi connectivity index (χ1v) is 12.0. The Morgan fingerprint density at radius 1 is 0.632 bits per heavy atom. The van der Waals surface area contributed by atoms with Crippen molar-refractivity contribution in [3.8, 4) is 0 Å². The molecule has 1 heterocycles.